The molecular weight excluding hydrogens is 300 g/mol. The molecule has 0 spiro atoms. The number of allylic oxidation sites excluding steroid dienone is 3. The van der Waals surface area contributed by atoms with Crippen molar-refractivity contribution in [2.45, 2.75) is 20.0 Å². The second-order valence-electron chi connectivity index (χ2n) is 4.82. The highest BCUT2D eigenvalue weighted by Gasteiger charge is 2.27. The smallest absolute Gasteiger partial charge is 0.140 e. The highest BCUT2D eigenvalue weighted by atomic mass is 35.5. The second-order valence-corrected chi connectivity index (χ2v) is 5.60. The summed E-state index contributed by atoms with van der Waals surface area (Å²) in [6.45, 7) is 7.27. The van der Waals surface area contributed by atoms with E-state index in [2.05, 4.69) is 11.7 Å². The minimum Gasteiger partial charge on any atom is -0.342 e. The van der Waals surface area contributed by atoms with E-state index in [-0.39, 0.29) is 0 Å². The molecule has 1 unspecified atom stereocenters. The van der Waals surface area contributed by atoms with Crippen molar-refractivity contribution in [3.63, 3.8) is 0 Å². The van der Waals surface area contributed by atoms with Gasteiger partial charge in [-0.25, -0.2) is 4.39 Å². The topological polar surface area (TPSA) is 21.1 Å². The molecule has 2 rings (SSSR count). The molecule has 0 aromatic carbocycles. The third-order valence-electron chi connectivity index (χ3n) is 3.37. The first kappa shape index (κ1) is 15.1. The quantitative estimate of drug-likeness (QED) is 0.805. The largest absolute Gasteiger partial charge is 0.342 e. The van der Waals surface area contributed by atoms with Crippen LogP contribution in [-0.2, 0) is 7.05 Å². The summed E-state index contributed by atoms with van der Waals surface area (Å²) in [5, 5.41) is 5.24. The van der Waals surface area contributed by atoms with E-state index < -0.39 is 6.17 Å². The zero-order valence-corrected chi connectivity index (χ0v) is 13.3. The molecule has 1 aromatic rings. The molecule has 1 aliphatic heterocycles. The number of halogens is 3. The van der Waals surface area contributed by atoms with Gasteiger partial charge in [0.15, 0.2) is 0 Å². The normalized spacial score (nSPS) is 17.6. The summed E-state index contributed by atoms with van der Waals surface area (Å²) >= 11 is 12.4. The lowest BCUT2D eigenvalue weighted by Gasteiger charge is -2.28. The van der Waals surface area contributed by atoms with Gasteiger partial charge in [0.25, 0.3) is 0 Å². The van der Waals surface area contributed by atoms with E-state index in [1.54, 1.807) is 7.05 Å². The van der Waals surface area contributed by atoms with Crippen LogP contribution in [0.5, 0.6) is 0 Å². The van der Waals surface area contributed by atoms with Crippen LogP contribution in [0.4, 0.5) is 4.39 Å². The Hall–Kier alpha value is -1.26. The maximum absolute atomic E-state index is 13.6. The van der Waals surface area contributed by atoms with E-state index in [1.807, 2.05) is 24.9 Å². The molecule has 0 saturated heterocycles. The zero-order valence-electron chi connectivity index (χ0n) is 11.8. The molecule has 0 fully saturated rings. The van der Waals surface area contributed by atoms with Gasteiger partial charge in [0.05, 0.1) is 27.1 Å². The Kier molecular flexibility index (Phi) is 3.98. The van der Waals surface area contributed by atoms with Crippen molar-refractivity contribution in [1.82, 2.24) is 14.7 Å². The van der Waals surface area contributed by atoms with Crippen molar-refractivity contribution >= 4 is 28.9 Å². The number of alkyl halides is 1. The lowest BCUT2D eigenvalue weighted by molar-refractivity contribution is 0.353. The number of nitrogens with zero attached hydrogens (tertiary/aromatic N) is 3. The van der Waals surface area contributed by atoms with Gasteiger partial charge in [-0.1, -0.05) is 29.8 Å². The summed E-state index contributed by atoms with van der Waals surface area (Å²) in [4.78, 5) is 1.82. The molecule has 0 N–H and O–H groups in total. The van der Waals surface area contributed by atoms with Crippen LogP contribution in [0, 0.1) is 0 Å². The lowest BCUT2D eigenvalue weighted by Crippen LogP contribution is -2.20. The molecule has 2 heterocycles. The van der Waals surface area contributed by atoms with Gasteiger partial charge >= 0.3 is 0 Å². The summed E-state index contributed by atoms with van der Waals surface area (Å²) in [6.07, 6.45) is 0.619. The van der Waals surface area contributed by atoms with Crippen molar-refractivity contribution in [2.24, 2.45) is 7.05 Å². The monoisotopic (exact) mass is 315 g/mol. The van der Waals surface area contributed by atoms with Gasteiger partial charge in [-0.3, -0.25) is 4.68 Å². The Morgan fingerprint density at radius 3 is 2.45 bits per heavy atom. The Morgan fingerprint density at radius 1 is 1.35 bits per heavy atom. The average Bonchev–Trinajstić information content (AvgIpc) is 2.62. The van der Waals surface area contributed by atoms with Gasteiger partial charge in [0, 0.05) is 14.1 Å². The minimum absolute atomic E-state index is 0.322. The van der Waals surface area contributed by atoms with Crippen LogP contribution in [0.15, 0.2) is 29.0 Å². The lowest BCUT2D eigenvalue weighted by atomic mass is 10.1. The summed E-state index contributed by atoms with van der Waals surface area (Å²) < 4.78 is 15.1. The first-order chi connectivity index (χ1) is 9.25. The minimum atomic E-state index is -1.19. The van der Waals surface area contributed by atoms with E-state index >= 15 is 0 Å². The molecule has 0 bridgehead atoms. The van der Waals surface area contributed by atoms with Crippen molar-refractivity contribution in [1.29, 1.82) is 0 Å². The Labute approximate surface area is 128 Å². The standard InChI is InChI=1S/C14H16Cl2FN3/c1-7-6-10(15)9(3)19(4)13(7)12-11(16)14(8(2)17)20(5)18-12/h6,8H,3H2,1-2,4-5H3. The Bertz CT molecular complexity index is 641. The summed E-state index contributed by atoms with van der Waals surface area (Å²) in [5.74, 6) is 0. The molecule has 1 atom stereocenters. The highest BCUT2D eigenvalue weighted by molar-refractivity contribution is 6.33. The molecular formula is C14H16Cl2FN3. The molecule has 0 saturated carbocycles. The van der Waals surface area contributed by atoms with Crippen molar-refractivity contribution in [3.05, 3.63) is 45.4 Å². The molecule has 1 aromatic heterocycles. The van der Waals surface area contributed by atoms with E-state index in [1.165, 1.54) is 11.6 Å². The van der Waals surface area contributed by atoms with Gasteiger partial charge in [-0.05, 0) is 25.5 Å². The van der Waals surface area contributed by atoms with Gasteiger partial charge in [0.1, 0.15) is 11.9 Å². The summed E-state index contributed by atoms with van der Waals surface area (Å²) in [5.41, 5.74) is 3.25. The van der Waals surface area contributed by atoms with Crippen LogP contribution in [0.1, 0.15) is 31.4 Å². The average molecular weight is 316 g/mol. The van der Waals surface area contributed by atoms with Gasteiger partial charge < -0.3 is 4.90 Å². The van der Waals surface area contributed by atoms with Crippen molar-refractivity contribution < 1.29 is 4.39 Å². The van der Waals surface area contributed by atoms with E-state index in [4.69, 9.17) is 23.2 Å². The van der Waals surface area contributed by atoms with Crippen LogP contribution >= 0.6 is 23.2 Å². The zero-order chi connectivity index (χ0) is 15.2. The number of hydrogen-bond acceptors (Lipinski definition) is 2. The fraction of sp³-hybridized carbons (Fsp3) is 0.357. The molecule has 0 amide bonds. The second kappa shape index (κ2) is 5.26. The SMILES string of the molecule is C=C1C(Cl)=CC(C)=C(c2nn(C)c(C(C)F)c2Cl)N1C. The predicted molar refractivity (Wildman–Crippen MR) is 81.2 cm³/mol. The third kappa shape index (κ3) is 2.27. The third-order valence-corrected chi connectivity index (χ3v) is 4.07. The van der Waals surface area contributed by atoms with E-state index in [0.29, 0.717) is 27.1 Å². The van der Waals surface area contributed by atoms with Gasteiger partial charge in [-0.15, -0.1) is 0 Å². The van der Waals surface area contributed by atoms with Crippen LogP contribution < -0.4 is 0 Å². The fourth-order valence-electron chi connectivity index (χ4n) is 2.34. The first-order valence-electron chi connectivity index (χ1n) is 6.13. The van der Waals surface area contributed by atoms with Crippen LogP contribution in [-0.4, -0.2) is 21.7 Å². The molecule has 20 heavy (non-hydrogen) atoms. The predicted octanol–water partition coefficient (Wildman–Crippen LogP) is 4.42. The number of rotatable bonds is 2. The fourth-order valence-corrected chi connectivity index (χ4v) is 3.03. The highest BCUT2D eigenvalue weighted by Crippen LogP contribution is 2.39. The number of likely N-dealkylation sites (N-methyl/N-ethyl adjacent to an activating group) is 1. The first-order valence-corrected chi connectivity index (χ1v) is 6.89. The molecule has 1 aliphatic rings. The van der Waals surface area contributed by atoms with E-state index in [9.17, 15) is 4.39 Å². The van der Waals surface area contributed by atoms with Crippen LogP contribution in [0.25, 0.3) is 5.70 Å². The molecule has 0 aliphatic carbocycles. The number of aromatic nitrogens is 2. The summed E-state index contributed by atoms with van der Waals surface area (Å²) in [7, 11) is 3.51. The molecule has 6 heteroatoms. The Balaban J connectivity index is 2.65. The number of hydrogen-bond donors (Lipinski definition) is 0. The van der Waals surface area contributed by atoms with Crippen molar-refractivity contribution in [2.75, 3.05) is 7.05 Å². The number of aryl methyl sites for hydroxylation is 1. The van der Waals surface area contributed by atoms with Gasteiger partial charge in [0.2, 0.25) is 0 Å². The van der Waals surface area contributed by atoms with Gasteiger partial charge in [-0.2, -0.15) is 5.10 Å². The molecule has 3 nitrogen and oxygen atoms in total. The molecule has 0 radical (unpaired) electrons. The Morgan fingerprint density at radius 2 is 1.95 bits per heavy atom. The van der Waals surface area contributed by atoms with E-state index in [0.717, 1.165) is 11.3 Å². The molecule has 108 valence electrons. The van der Waals surface area contributed by atoms with Crippen molar-refractivity contribution in [3.8, 4) is 0 Å². The maximum Gasteiger partial charge on any atom is 0.140 e. The van der Waals surface area contributed by atoms with Crippen LogP contribution in [0.2, 0.25) is 5.02 Å². The maximum atomic E-state index is 13.6. The summed E-state index contributed by atoms with van der Waals surface area (Å²) in [6, 6.07) is 0. The van der Waals surface area contributed by atoms with Crippen LogP contribution in [0.3, 0.4) is 0 Å².